The summed E-state index contributed by atoms with van der Waals surface area (Å²) in [6.07, 6.45) is 3.16. The molecule has 0 bridgehead atoms. The number of thioether (sulfide) groups is 1. The van der Waals surface area contributed by atoms with E-state index in [0.717, 1.165) is 12.2 Å². The average Bonchev–Trinajstić information content (AvgIpc) is 2.19. The maximum absolute atomic E-state index is 9.29. The molecule has 1 nitrogen and oxygen atoms in total. The molecular formula is C12H18OS. The van der Waals surface area contributed by atoms with Gasteiger partial charge in [-0.25, -0.2) is 0 Å². The zero-order valence-corrected chi connectivity index (χ0v) is 9.68. The normalized spacial score (nSPS) is 12.8. The van der Waals surface area contributed by atoms with Crippen LogP contribution in [0.3, 0.4) is 0 Å². The lowest BCUT2D eigenvalue weighted by atomic mass is 9.96. The topological polar surface area (TPSA) is 20.2 Å². The van der Waals surface area contributed by atoms with Crippen molar-refractivity contribution in [3.8, 4) is 0 Å². The molecule has 1 rings (SSSR count). The maximum atomic E-state index is 9.29. The highest BCUT2D eigenvalue weighted by Gasteiger charge is 2.09. The molecule has 2 heteroatoms. The van der Waals surface area contributed by atoms with E-state index < -0.39 is 0 Å². The van der Waals surface area contributed by atoms with E-state index in [1.807, 2.05) is 11.8 Å². The molecular weight excluding hydrogens is 192 g/mol. The van der Waals surface area contributed by atoms with Gasteiger partial charge < -0.3 is 5.11 Å². The van der Waals surface area contributed by atoms with Crippen molar-refractivity contribution < 1.29 is 5.11 Å². The van der Waals surface area contributed by atoms with Crippen molar-refractivity contribution in [3.63, 3.8) is 0 Å². The summed E-state index contributed by atoms with van der Waals surface area (Å²) < 4.78 is 0. The Hall–Kier alpha value is -0.470. The molecule has 1 aromatic rings. The number of aryl methyl sites for hydroxylation is 1. The zero-order valence-electron chi connectivity index (χ0n) is 8.86. The first kappa shape index (κ1) is 11.6. The summed E-state index contributed by atoms with van der Waals surface area (Å²) in [6, 6.07) is 8.42. The van der Waals surface area contributed by atoms with Gasteiger partial charge in [0.1, 0.15) is 0 Å². The summed E-state index contributed by atoms with van der Waals surface area (Å²) in [5.74, 6) is 1.42. The standard InChI is InChI=1S/C12H18OS/c1-10-4-3-5-11(8-10)12(9-13)6-7-14-2/h3-5,8,12-13H,6-7,9H2,1-2H3. The van der Waals surface area contributed by atoms with Gasteiger partial charge in [0.25, 0.3) is 0 Å². The van der Waals surface area contributed by atoms with Crippen LogP contribution in [0.15, 0.2) is 24.3 Å². The van der Waals surface area contributed by atoms with Crippen LogP contribution in [0.1, 0.15) is 23.5 Å². The van der Waals surface area contributed by atoms with E-state index in [0.29, 0.717) is 5.92 Å². The summed E-state index contributed by atoms with van der Waals surface area (Å²) in [5, 5.41) is 9.29. The van der Waals surface area contributed by atoms with Gasteiger partial charge in [-0.05, 0) is 30.9 Å². The van der Waals surface area contributed by atoms with Crippen LogP contribution in [0, 0.1) is 6.92 Å². The van der Waals surface area contributed by atoms with E-state index >= 15 is 0 Å². The highest BCUT2D eigenvalue weighted by Crippen LogP contribution is 2.21. The highest BCUT2D eigenvalue weighted by molar-refractivity contribution is 7.98. The summed E-state index contributed by atoms with van der Waals surface area (Å²) in [6.45, 7) is 2.34. The van der Waals surface area contributed by atoms with Gasteiger partial charge in [0.15, 0.2) is 0 Å². The van der Waals surface area contributed by atoms with E-state index in [-0.39, 0.29) is 6.61 Å². The second kappa shape index (κ2) is 6.10. The average molecular weight is 210 g/mol. The Kier molecular flexibility index (Phi) is 5.05. The minimum Gasteiger partial charge on any atom is -0.396 e. The highest BCUT2D eigenvalue weighted by atomic mass is 32.2. The van der Waals surface area contributed by atoms with Crippen LogP contribution in [0.25, 0.3) is 0 Å². The third-order valence-corrected chi connectivity index (χ3v) is 3.05. The molecule has 0 heterocycles. The largest absolute Gasteiger partial charge is 0.396 e. The molecule has 0 saturated heterocycles. The second-order valence-corrected chi connectivity index (χ2v) is 4.56. The van der Waals surface area contributed by atoms with Gasteiger partial charge in [-0.1, -0.05) is 29.8 Å². The Morgan fingerprint density at radius 1 is 1.43 bits per heavy atom. The Balaban J connectivity index is 2.68. The molecule has 0 aliphatic rings. The molecule has 0 saturated carbocycles. The first-order valence-electron chi connectivity index (χ1n) is 4.94. The van der Waals surface area contributed by atoms with Crippen molar-refractivity contribution >= 4 is 11.8 Å². The molecule has 1 aromatic carbocycles. The fraction of sp³-hybridized carbons (Fsp3) is 0.500. The predicted octanol–water partition coefficient (Wildman–Crippen LogP) is 2.82. The first-order chi connectivity index (χ1) is 6.77. The van der Waals surface area contributed by atoms with Crippen molar-refractivity contribution in [2.75, 3.05) is 18.6 Å². The lowest BCUT2D eigenvalue weighted by molar-refractivity contribution is 0.263. The fourth-order valence-electron chi connectivity index (χ4n) is 1.55. The number of aliphatic hydroxyl groups is 1. The molecule has 1 unspecified atom stereocenters. The number of hydrogen-bond donors (Lipinski definition) is 1. The lowest BCUT2D eigenvalue weighted by Gasteiger charge is -2.14. The molecule has 0 aliphatic carbocycles. The minimum absolute atomic E-state index is 0.254. The van der Waals surface area contributed by atoms with Crippen molar-refractivity contribution in [3.05, 3.63) is 35.4 Å². The van der Waals surface area contributed by atoms with Gasteiger partial charge in [0, 0.05) is 12.5 Å². The summed E-state index contributed by atoms with van der Waals surface area (Å²) in [7, 11) is 0. The second-order valence-electron chi connectivity index (χ2n) is 3.58. The van der Waals surface area contributed by atoms with Gasteiger partial charge in [-0.3, -0.25) is 0 Å². The van der Waals surface area contributed by atoms with Gasteiger partial charge in [0.05, 0.1) is 0 Å². The van der Waals surface area contributed by atoms with Crippen LogP contribution in [0.4, 0.5) is 0 Å². The summed E-state index contributed by atoms with van der Waals surface area (Å²) in [4.78, 5) is 0. The van der Waals surface area contributed by atoms with Crippen molar-refractivity contribution in [2.24, 2.45) is 0 Å². The summed E-state index contributed by atoms with van der Waals surface area (Å²) in [5.41, 5.74) is 2.53. The third-order valence-electron chi connectivity index (χ3n) is 2.40. The van der Waals surface area contributed by atoms with E-state index in [1.54, 1.807) is 0 Å². The Labute approximate surface area is 90.5 Å². The molecule has 0 aliphatic heterocycles. The van der Waals surface area contributed by atoms with E-state index in [2.05, 4.69) is 37.4 Å². The van der Waals surface area contributed by atoms with Crippen LogP contribution in [0.2, 0.25) is 0 Å². The Bertz CT molecular complexity index is 273. The van der Waals surface area contributed by atoms with Crippen molar-refractivity contribution in [1.82, 2.24) is 0 Å². The molecule has 14 heavy (non-hydrogen) atoms. The van der Waals surface area contributed by atoms with Crippen LogP contribution < -0.4 is 0 Å². The molecule has 78 valence electrons. The number of rotatable bonds is 5. The quantitative estimate of drug-likeness (QED) is 0.806. The van der Waals surface area contributed by atoms with E-state index in [4.69, 9.17) is 0 Å². The molecule has 0 radical (unpaired) electrons. The number of hydrogen-bond acceptors (Lipinski definition) is 2. The van der Waals surface area contributed by atoms with Gasteiger partial charge in [0.2, 0.25) is 0 Å². The molecule has 0 amide bonds. The van der Waals surface area contributed by atoms with Crippen LogP contribution in [-0.2, 0) is 0 Å². The molecule has 0 fully saturated rings. The van der Waals surface area contributed by atoms with E-state index in [9.17, 15) is 5.11 Å². The zero-order chi connectivity index (χ0) is 10.4. The van der Waals surface area contributed by atoms with Crippen molar-refractivity contribution in [1.29, 1.82) is 0 Å². The van der Waals surface area contributed by atoms with Gasteiger partial charge in [-0.2, -0.15) is 11.8 Å². The predicted molar refractivity (Wildman–Crippen MR) is 64.0 cm³/mol. The molecule has 0 aromatic heterocycles. The maximum Gasteiger partial charge on any atom is 0.0500 e. The Morgan fingerprint density at radius 2 is 2.21 bits per heavy atom. The summed E-state index contributed by atoms with van der Waals surface area (Å²) >= 11 is 1.83. The molecule has 0 spiro atoms. The van der Waals surface area contributed by atoms with E-state index in [1.165, 1.54) is 11.1 Å². The minimum atomic E-state index is 0.254. The third kappa shape index (κ3) is 3.35. The fourth-order valence-corrected chi connectivity index (χ4v) is 2.07. The number of benzene rings is 1. The van der Waals surface area contributed by atoms with Crippen molar-refractivity contribution in [2.45, 2.75) is 19.3 Å². The van der Waals surface area contributed by atoms with Crippen LogP contribution in [-0.4, -0.2) is 23.7 Å². The number of aliphatic hydroxyl groups excluding tert-OH is 1. The first-order valence-corrected chi connectivity index (χ1v) is 6.33. The van der Waals surface area contributed by atoms with Gasteiger partial charge in [-0.15, -0.1) is 0 Å². The SMILES string of the molecule is CSCCC(CO)c1cccc(C)c1. The monoisotopic (exact) mass is 210 g/mol. The smallest absolute Gasteiger partial charge is 0.0500 e. The van der Waals surface area contributed by atoms with Gasteiger partial charge >= 0.3 is 0 Å². The molecule has 1 N–H and O–H groups in total. The lowest BCUT2D eigenvalue weighted by Crippen LogP contribution is -2.05. The van der Waals surface area contributed by atoms with Crippen LogP contribution >= 0.6 is 11.8 Å². The molecule has 1 atom stereocenters. The van der Waals surface area contributed by atoms with Crippen LogP contribution in [0.5, 0.6) is 0 Å². The Morgan fingerprint density at radius 3 is 2.79 bits per heavy atom.